The molecule has 0 bridgehead atoms. The van der Waals surface area contributed by atoms with Crippen LogP contribution in [-0.4, -0.2) is 35.4 Å². The number of aromatic nitrogens is 2. The Morgan fingerprint density at radius 1 is 1.43 bits per heavy atom. The van der Waals surface area contributed by atoms with Crippen molar-refractivity contribution in [3.8, 4) is 0 Å². The molecule has 1 saturated heterocycles. The van der Waals surface area contributed by atoms with Crippen LogP contribution in [0.1, 0.15) is 38.6 Å². The van der Waals surface area contributed by atoms with Gasteiger partial charge >= 0.3 is 0 Å². The van der Waals surface area contributed by atoms with Gasteiger partial charge in [-0.2, -0.15) is 0 Å². The first-order valence-electron chi connectivity index (χ1n) is 7.60. The van der Waals surface area contributed by atoms with Crippen LogP contribution in [0, 0.1) is 0 Å². The Morgan fingerprint density at radius 3 is 2.95 bits per heavy atom. The number of hydrogen-bond acceptors (Lipinski definition) is 3. The number of rotatable bonds is 4. The van der Waals surface area contributed by atoms with E-state index in [-0.39, 0.29) is 0 Å². The van der Waals surface area contributed by atoms with Gasteiger partial charge in [0.25, 0.3) is 0 Å². The lowest BCUT2D eigenvalue weighted by molar-refractivity contribution is 0.187. The second-order valence-electron chi connectivity index (χ2n) is 5.87. The number of fused-ring (bicyclic) bond motifs is 1. The second-order valence-corrected chi connectivity index (χ2v) is 6.31. The molecule has 0 spiro atoms. The number of nitrogens with zero attached hydrogens (tertiary/aromatic N) is 2. The molecule has 2 aromatic rings. The third-order valence-electron chi connectivity index (χ3n) is 4.07. The Hall–Kier alpha value is -1.10. The summed E-state index contributed by atoms with van der Waals surface area (Å²) in [4.78, 5) is 4.87. The van der Waals surface area contributed by atoms with E-state index in [0.717, 1.165) is 41.6 Å². The molecule has 0 saturated carbocycles. The van der Waals surface area contributed by atoms with Crippen LogP contribution in [0.5, 0.6) is 0 Å². The van der Waals surface area contributed by atoms with Crippen molar-refractivity contribution in [2.45, 2.75) is 38.8 Å². The smallest absolute Gasteiger partial charge is 0.117 e. The number of ether oxygens (including phenoxy) is 1. The summed E-state index contributed by atoms with van der Waals surface area (Å²) in [5.41, 5.74) is 2.11. The molecular weight excluding hydrogens is 286 g/mol. The lowest BCUT2D eigenvalue weighted by Crippen LogP contribution is -2.35. The highest BCUT2D eigenvalue weighted by Crippen LogP contribution is 2.32. The Kier molecular flexibility index (Phi) is 4.20. The molecule has 1 fully saturated rings. The second kappa shape index (κ2) is 5.95. The van der Waals surface area contributed by atoms with Crippen LogP contribution in [0.2, 0.25) is 5.02 Å². The van der Waals surface area contributed by atoms with Gasteiger partial charge in [-0.05, 0) is 38.6 Å². The predicted molar refractivity (Wildman–Crippen MR) is 86.2 cm³/mol. The maximum Gasteiger partial charge on any atom is 0.117 e. The highest BCUT2D eigenvalue weighted by molar-refractivity contribution is 6.31. The Labute approximate surface area is 130 Å². The van der Waals surface area contributed by atoms with Gasteiger partial charge in [-0.15, -0.1) is 0 Å². The van der Waals surface area contributed by atoms with E-state index in [9.17, 15) is 0 Å². The predicted octanol–water partition coefficient (Wildman–Crippen LogP) is 3.36. The van der Waals surface area contributed by atoms with E-state index in [1.807, 2.05) is 18.2 Å². The first-order chi connectivity index (χ1) is 10.1. The first-order valence-corrected chi connectivity index (χ1v) is 7.98. The van der Waals surface area contributed by atoms with Crippen LogP contribution >= 0.6 is 11.6 Å². The van der Waals surface area contributed by atoms with Crippen molar-refractivity contribution in [1.29, 1.82) is 0 Å². The summed E-state index contributed by atoms with van der Waals surface area (Å²) in [6, 6.07) is 6.58. The monoisotopic (exact) mass is 307 g/mol. The van der Waals surface area contributed by atoms with Gasteiger partial charge in [0, 0.05) is 17.1 Å². The quantitative estimate of drug-likeness (QED) is 0.941. The average molecular weight is 308 g/mol. The zero-order valence-corrected chi connectivity index (χ0v) is 13.5. The van der Waals surface area contributed by atoms with Crippen LogP contribution in [0.4, 0.5) is 0 Å². The summed E-state index contributed by atoms with van der Waals surface area (Å²) in [7, 11) is 0. The minimum absolute atomic E-state index is 0.290. The molecule has 1 aromatic carbocycles. The molecule has 0 radical (unpaired) electrons. The van der Waals surface area contributed by atoms with Crippen molar-refractivity contribution >= 4 is 22.6 Å². The molecule has 0 amide bonds. The number of nitrogens with one attached hydrogen (secondary N) is 1. The average Bonchev–Trinajstić information content (AvgIpc) is 3.02. The Balaban J connectivity index is 2.11. The van der Waals surface area contributed by atoms with Gasteiger partial charge in [-0.3, -0.25) is 0 Å². The van der Waals surface area contributed by atoms with E-state index in [2.05, 4.69) is 30.7 Å². The molecule has 4 nitrogen and oxygen atoms in total. The summed E-state index contributed by atoms with van der Waals surface area (Å²) in [6.07, 6.45) is 0. The van der Waals surface area contributed by atoms with Gasteiger partial charge < -0.3 is 14.6 Å². The van der Waals surface area contributed by atoms with Crippen LogP contribution in [0.3, 0.4) is 0 Å². The fourth-order valence-electron chi connectivity index (χ4n) is 3.16. The van der Waals surface area contributed by atoms with Gasteiger partial charge in [-0.25, -0.2) is 4.98 Å². The van der Waals surface area contributed by atoms with Crippen LogP contribution < -0.4 is 5.32 Å². The third-order valence-corrected chi connectivity index (χ3v) is 4.31. The summed E-state index contributed by atoms with van der Waals surface area (Å²) in [5, 5.41) is 4.26. The maximum atomic E-state index is 6.16. The van der Waals surface area contributed by atoms with Gasteiger partial charge in [0.05, 0.1) is 30.2 Å². The topological polar surface area (TPSA) is 39.1 Å². The summed E-state index contributed by atoms with van der Waals surface area (Å²) in [6.45, 7) is 8.91. The molecule has 1 aromatic heterocycles. The summed E-state index contributed by atoms with van der Waals surface area (Å²) < 4.78 is 7.99. The minimum atomic E-state index is 0.290. The van der Waals surface area contributed by atoms with Gasteiger partial charge in [0.2, 0.25) is 0 Å². The number of halogens is 1. The lowest BCUT2D eigenvalue weighted by atomic mass is 10.0. The molecule has 2 unspecified atom stereocenters. The van der Waals surface area contributed by atoms with E-state index in [0.29, 0.717) is 18.0 Å². The number of hydrogen-bond donors (Lipinski definition) is 1. The molecule has 2 heterocycles. The number of benzene rings is 1. The van der Waals surface area contributed by atoms with Gasteiger partial charge in [0.1, 0.15) is 5.82 Å². The molecule has 1 aliphatic heterocycles. The van der Waals surface area contributed by atoms with Gasteiger partial charge in [-0.1, -0.05) is 18.5 Å². The lowest BCUT2D eigenvalue weighted by Gasteiger charge is -2.21. The molecule has 1 N–H and O–H groups in total. The van der Waals surface area contributed by atoms with Crippen LogP contribution in [0.15, 0.2) is 18.2 Å². The maximum absolute atomic E-state index is 6.16. The molecule has 3 rings (SSSR count). The largest absolute Gasteiger partial charge is 0.379 e. The highest BCUT2D eigenvalue weighted by Gasteiger charge is 2.33. The van der Waals surface area contributed by atoms with Crippen LogP contribution in [0.25, 0.3) is 11.0 Å². The number of likely N-dealkylation sites (N-methyl/N-ethyl adjacent to an activating group) is 1. The molecular formula is C16H22ClN3O. The Bertz CT molecular complexity index is 638. The van der Waals surface area contributed by atoms with E-state index >= 15 is 0 Å². The molecule has 5 heteroatoms. The van der Waals surface area contributed by atoms with Crippen molar-refractivity contribution in [1.82, 2.24) is 14.9 Å². The van der Waals surface area contributed by atoms with E-state index < -0.39 is 0 Å². The highest BCUT2D eigenvalue weighted by atomic mass is 35.5. The SMILES string of the molecule is CCNC1COCC1c1nc2ccc(Cl)cc2n1C(C)C. The first kappa shape index (κ1) is 14.8. The zero-order valence-electron chi connectivity index (χ0n) is 12.8. The van der Waals surface area contributed by atoms with Crippen molar-refractivity contribution in [3.63, 3.8) is 0 Å². The summed E-state index contributed by atoms with van der Waals surface area (Å²) in [5.74, 6) is 1.39. The normalized spacial score (nSPS) is 22.5. The minimum Gasteiger partial charge on any atom is -0.379 e. The van der Waals surface area contributed by atoms with Crippen molar-refractivity contribution in [2.75, 3.05) is 19.8 Å². The van der Waals surface area contributed by atoms with E-state index in [1.165, 1.54) is 0 Å². The van der Waals surface area contributed by atoms with Crippen molar-refractivity contribution < 1.29 is 4.74 Å². The van der Waals surface area contributed by atoms with Gasteiger partial charge in [0.15, 0.2) is 0 Å². The molecule has 1 aliphatic rings. The summed E-state index contributed by atoms with van der Waals surface area (Å²) >= 11 is 6.16. The Morgan fingerprint density at radius 2 is 2.24 bits per heavy atom. The van der Waals surface area contributed by atoms with E-state index in [4.69, 9.17) is 21.3 Å². The van der Waals surface area contributed by atoms with Crippen molar-refractivity contribution in [2.24, 2.45) is 0 Å². The fourth-order valence-corrected chi connectivity index (χ4v) is 3.33. The zero-order chi connectivity index (χ0) is 15.0. The fraction of sp³-hybridized carbons (Fsp3) is 0.562. The molecule has 2 atom stereocenters. The number of imidazole rings is 1. The molecule has 114 valence electrons. The van der Waals surface area contributed by atoms with E-state index in [1.54, 1.807) is 0 Å². The standard InChI is InChI=1S/C16H22ClN3O/c1-4-18-14-9-21-8-12(14)16-19-13-6-5-11(17)7-15(13)20(16)10(2)3/h5-7,10,12,14,18H,4,8-9H2,1-3H3. The molecule has 0 aliphatic carbocycles. The molecule has 21 heavy (non-hydrogen) atoms. The van der Waals surface area contributed by atoms with Crippen LogP contribution in [-0.2, 0) is 4.74 Å². The van der Waals surface area contributed by atoms with Crippen molar-refractivity contribution in [3.05, 3.63) is 29.0 Å². The third kappa shape index (κ3) is 2.68.